The van der Waals surface area contributed by atoms with Crippen LogP contribution in [0, 0.1) is 11.8 Å². The third kappa shape index (κ3) is 1.42. The van der Waals surface area contributed by atoms with Gasteiger partial charge in [0.15, 0.2) is 0 Å². The summed E-state index contributed by atoms with van der Waals surface area (Å²) in [5, 5.41) is 0. The van der Waals surface area contributed by atoms with E-state index in [2.05, 4.69) is 11.9 Å². The summed E-state index contributed by atoms with van der Waals surface area (Å²) in [7, 11) is 2.71. The van der Waals surface area contributed by atoms with Crippen LogP contribution in [0.4, 0.5) is 4.39 Å². The fraction of sp³-hybridized carbons (Fsp3) is 1.00. The molecule has 0 aromatic rings. The molecule has 1 saturated carbocycles. The number of hydrogen-bond donors (Lipinski definition) is 0. The maximum absolute atomic E-state index is 9.50. The minimum Gasteiger partial charge on any atom is -0.306 e. The Morgan fingerprint density at radius 3 is 1.89 bits per heavy atom. The predicted molar refractivity (Wildman–Crippen MR) is 36.1 cm³/mol. The van der Waals surface area contributed by atoms with E-state index in [0.717, 1.165) is 11.8 Å². The van der Waals surface area contributed by atoms with E-state index in [1.54, 1.807) is 0 Å². The van der Waals surface area contributed by atoms with E-state index in [4.69, 9.17) is 0 Å². The quantitative estimate of drug-likeness (QED) is 0.476. The summed E-state index contributed by atoms with van der Waals surface area (Å²) in [6.45, 7) is 2.76. The third-order valence-electron chi connectivity index (χ3n) is 2.16. The summed E-state index contributed by atoms with van der Waals surface area (Å²) in [4.78, 5) is 2.43. The average molecular weight is 131 g/mol. The molecule has 1 nitrogen and oxygen atoms in total. The van der Waals surface area contributed by atoms with Gasteiger partial charge in [-0.25, -0.2) is 0 Å². The van der Waals surface area contributed by atoms with Crippen molar-refractivity contribution in [1.29, 1.82) is 0 Å². The molecule has 54 valence electrons. The lowest BCUT2D eigenvalue weighted by Crippen LogP contribution is -2.15. The van der Waals surface area contributed by atoms with Gasteiger partial charge in [-0.1, -0.05) is 0 Å². The molecule has 0 bridgehead atoms. The fourth-order valence-corrected chi connectivity index (χ4v) is 1.63. The van der Waals surface area contributed by atoms with E-state index in [1.807, 2.05) is 0 Å². The lowest BCUT2D eigenvalue weighted by atomic mass is 10.4. The van der Waals surface area contributed by atoms with Crippen LogP contribution < -0.4 is 0 Å². The normalized spacial score (nSPS) is 39.0. The third-order valence-corrected chi connectivity index (χ3v) is 2.16. The largest absolute Gasteiger partial charge is 0.306 e. The van der Waals surface area contributed by atoms with Gasteiger partial charge in [0.25, 0.3) is 0 Å². The van der Waals surface area contributed by atoms with Crippen LogP contribution in [0.2, 0.25) is 0 Å². The van der Waals surface area contributed by atoms with Crippen LogP contribution in [0.1, 0.15) is 6.42 Å². The Kier molecular flexibility index (Phi) is 2.06. The Balaban J connectivity index is 0.000000186. The molecule has 0 aromatic carbocycles. The molecule has 0 radical (unpaired) electrons. The molecule has 9 heavy (non-hydrogen) atoms. The van der Waals surface area contributed by atoms with E-state index in [0.29, 0.717) is 7.18 Å². The van der Waals surface area contributed by atoms with E-state index >= 15 is 0 Å². The van der Waals surface area contributed by atoms with Gasteiger partial charge in [-0.05, 0) is 25.3 Å². The summed E-state index contributed by atoms with van der Waals surface area (Å²) < 4.78 is 9.50. The smallest absolute Gasteiger partial charge is 0.0785 e. The zero-order chi connectivity index (χ0) is 6.85. The van der Waals surface area contributed by atoms with Gasteiger partial charge < -0.3 is 4.90 Å². The molecular weight excluding hydrogens is 117 g/mol. The zero-order valence-corrected chi connectivity index (χ0v) is 6.10. The number of rotatable bonds is 0. The Hall–Kier alpha value is -0.110. The first-order valence-corrected chi connectivity index (χ1v) is 3.42. The summed E-state index contributed by atoms with van der Waals surface area (Å²) in [5.41, 5.74) is 0. The highest BCUT2D eigenvalue weighted by Gasteiger charge is 2.43. The Morgan fingerprint density at radius 2 is 1.67 bits per heavy atom. The number of alkyl halides is 1. The van der Waals surface area contributed by atoms with Crippen LogP contribution in [0.15, 0.2) is 0 Å². The second-order valence-corrected chi connectivity index (χ2v) is 2.98. The van der Waals surface area contributed by atoms with Crippen LogP contribution in [-0.2, 0) is 0 Å². The minimum atomic E-state index is 0.500. The van der Waals surface area contributed by atoms with Gasteiger partial charge in [0.2, 0.25) is 0 Å². The highest BCUT2D eigenvalue weighted by Crippen LogP contribution is 2.43. The highest BCUT2D eigenvalue weighted by atomic mass is 19.1. The second kappa shape index (κ2) is 2.65. The summed E-state index contributed by atoms with van der Waals surface area (Å²) in [5.74, 6) is 2.23. The van der Waals surface area contributed by atoms with Crippen molar-refractivity contribution in [1.82, 2.24) is 4.90 Å². The maximum atomic E-state index is 9.50. The van der Waals surface area contributed by atoms with Crippen molar-refractivity contribution in [2.75, 3.05) is 27.3 Å². The first-order valence-electron chi connectivity index (χ1n) is 3.42. The molecule has 2 heteroatoms. The molecule has 0 aromatic heterocycles. The number of likely N-dealkylation sites (tertiary alicyclic amines) is 1. The molecule has 1 aliphatic carbocycles. The molecule has 0 N–H and O–H groups in total. The summed E-state index contributed by atoms with van der Waals surface area (Å²) >= 11 is 0. The number of fused-ring (bicyclic) bond motifs is 1. The number of piperidine rings is 1. The summed E-state index contributed by atoms with van der Waals surface area (Å²) in [6.07, 6.45) is 1.53. The number of halogens is 1. The molecule has 2 rings (SSSR count). The van der Waals surface area contributed by atoms with Crippen LogP contribution in [0.3, 0.4) is 0 Å². The van der Waals surface area contributed by atoms with Gasteiger partial charge in [0.1, 0.15) is 0 Å². The first kappa shape index (κ1) is 7.00. The van der Waals surface area contributed by atoms with Gasteiger partial charge >= 0.3 is 0 Å². The fourth-order valence-electron chi connectivity index (χ4n) is 1.63. The Labute approximate surface area is 55.8 Å². The molecule has 0 amide bonds. The van der Waals surface area contributed by atoms with Gasteiger partial charge in [-0.2, -0.15) is 0 Å². The molecule has 1 heterocycles. The topological polar surface area (TPSA) is 3.24 Å². The van der Waals surface area contributed by atoms with Crippen LogP contribution >= 0.6 is 0 Å². The highest BCUT2D eigenvalue weighted by molar-refractivity contribution is 4.95. The van der Waals surface area contributed by atoms with Crippen molar-refractivity contribution in [2.45, 2.75) is 6.42 Å². The van der Waals surface area contributed by atoms with Crippen molar-refractivity contribution in [3.05, 3.63) is 0 Å². The van der Waals surface area contributed by atoms with E-state index in [1.165, 1.54) is 19.5 Å². The van der Waals surface area contributed by atoms with Crippen molar-refractivity contribution >= 4 is 0 Å². The standard InChI is InChI=1S/C6H11N.CH3F/c1-7-3-5-2-6(5)4-7;1-2/h5-6H,2-4H2,1H3;1H3. The van der Waals surface area contributed by atoms with Crippen molar-refractivity contribution in [3.63, 3.8) is 0 Å². The molecule has 2 fully saturated rings. The predicted octanol–water partition coefficient (Wildman–Crippen LogP) is 1.15. The van der Waals surface area contributed by atoms with Gasteiger partial charge in [-0.15, -0.1) is 0 Å². The lowest BCUT2D eigenvalue weighted by molar-refractivity contribution is 0.373. The minimum absolute atomic E-state index is 0.500. The van der Waals surface area contributed by atoms with E-state index < -0.39 is 0 Å². The van der Waals surface area contributed by atoms with Gasteiger partial charge in [-0.3, -0.25) is 4.39 Å². The Bertz CT molecular complexity index is 84.9. The molecular formula is C7H14FN. The number of hydrogen-bond acceptors (Lipinski definition) is 1. The molecule has 2 atom stereocenters. The molecule has 0 spiro atoms. The van der Waals surface area contributed by atoms with Gasteiger partial charge in [0, 0.05) is 13.1 Å². The van der Waals surface area contributed by atoms with E-state index in [-0.39, 0.29) is 0 Å². The lowest BCUT2D eigenvalue weighted by Gasteiger charge is -2.06. The van der Waals surface area contributed by atoms with Crippen LogP contribution in [-0.4, -0.2) is 32.2 Å². The monoisotopic (exact) mass is 131 g/mol. The average Bonchev–Trinajstić information content (AvgIpc) is 2.46. The summed E-state index contributed by atoms with van der Waals surface area (Å²) in [6, 6.07) is 0. The van der Waals surface area contributed by atoms with Crippen molar-refractivity contribution < 1.29 is 4.39 Å². The van der Waals surface area contributed by atoms with Crippen molar-refractivity contribution in [3.8, 4) is 0 Å². The molecule has 2 unspecified atom stereocenters. The van der Waals surface area contributed by atoms with E-state index in [9.17, 15) is 4.39 Å². The molecule has 1 aliphatic heterocycles. The zero-order valence-electron chi connectivity index (χ0n) is 6.10. The Morgan fingerprint density at radius 1 is 1.22 bits per heavy atom. The van der Waals surface area contributed by atoms with Crippen LogP contribution in [0.25, 0.3) is 0 Å². The number of nitrogens with zero attached hydrogens (tertiary/aromatic N) is 1. The van der Waals surface area contributed by atoms with Crippen LogP contribution in [0.5, 0.6) is 0 Å². The SMILES string of the molecule is CF.CN1CC2CC2C1. The van der Waals surface area contributed by atoms with Crippen molar-refractivity contribution in [2.24, 2.45) is 11.8 Å². The maximum Gasteiger partial charge on any atom is 0.0785 e. The molecule has 2 aliphatic rings. The van der Waals surface area contributed by atoms with Gasteiger partial charge in [0.05, 0.1) is 7.18 Å². The second-order valence-electron chi connectivity index (χ2n) is 2.98. The molecule has 1 saturated heterocycles. The first-order chi connectivity index (χ1) is 4.36.